The van der Waals surface area contributed by atoms with Crippen LogP contribution in [0, 0.1) is 10.1 Å². The quantitative estimate of drug-likeness (QED) is 0.239. The van der Waals surface area contributed by atoms with Gasteiger partial charge in [0.25, 0.3) is 5.69 Å². The van der Waals surface area contributed by atoms with Gasteiger partial charge in [-0.2, -0.15) is 0 Å². The Morgan fingerprint density at radius 1 is 1.17 bits per heavy atom. The van der Waals surface area contributed by atoms with Crippen molar-refractivity contribution in [1.82, 2.24) is 9.55 Å². The van der Waals surface area contributed by atoms with Crippen molar-refractivity contribution < 1.29 is 25.0 Å². The second kappa shape index (κ2) is 10.4. The molecule has 2 aromatic rings. The zero-order valence-corrected chi connectivity index (χ0v) is 15.9. The number of carboxylic acid groups (broad SMARTS) is 1. The molecular formula is C19H25N3O7. The van der Waals surface area contributed by atoms with Crippen molar-refractivity contribution in [2.75, 3.05) is 0 Å². The first-order chi connectivity index (χ1) is 13.8. The molecule has 0 aliphatic heterocycles. The summed E-state index contributed by atoms with van der Waals surface area (Å²) in [5.41, 5.74) is 0.408. The highest BCUT2D eigenvalue weighted by Gasteiger charge is 2.16. The maximum absolute atomic E-state index is 12.1. The van der Waals surface area contributed by atoms with Crippen molar-refractivity contribution in [3.05, 3.63) is 56.1 Å². The number of non-ortho nitro benzene ring substituents is 1. The number of aliphatic hydroxyl groups excluding tert-OH is 1. The van der Waals surface area contributed by atoms with E-state index in [1.54, 1.807) is 0 Å². The van der Waals surface area contributed by atoms with E-state index in [0.717, 1.165) is 12.8 Å². The van der Waals surface area contributed by atoms with Crippen molar-refractivity contribution in [1.29, 1.82) is 0 Å². The van der Waals surface area contributed by atoms with E-state index in [1.165, 1.54) is 28.8 Å². The summed E-state index contributed by atoms with van der Waals surface area (Å²) >= 11 is 0. The SMILES string of the molecule is O=C(O)CCCCCCc1c(O)[nH]c(=O)n1CCC(O)c1ccc([N+](=O)[O-])cc1. The maximum Gasteiger partial charge on any atom is 0.328 e. The van der Waals surface area contributed by atoms with E-state index in [1.807, 2.05) is 0 Å². The average Bonchev–Trinajstić information content (AvgIpc) is 2.95. The standard InChI is InChI=1S/C19H25N3O7/c23-16(13-7-9-14(10-8-13)22(28)29)11-12-21-15(18(26)20-19(21)27)5-3-1-2-4-6-17(24)25/h7-10,16,23,26H,1-6,11-12H2,(H,20,27)(H,24,25). The monoisotopic (exact) mass is 407 g/mol. The number of unbranched alkanes of at least 4 members (excludes halogenated alkanes) is 3. The number of nitrogens with one attached hydrogen (secondary N) is 1. The summed E-state index contributed by atoms with van der Waals surface area (Å²) < 4.78 is 1.38. The predicted molar refractivity (Wildman–Crippen MR) is 104 cm³/mol. The molecule has 10 nitrogen and oxygen atoms in total. The molecule has 0 radical (unpaired) electrons. The van der Waals surface area contributed by atoms with Crippen molar-refractivity contribution in [2.45, 2.75) is 57.6 Å². The minimum Gasteiger partial charge on any atom is -0.493 e. The van der Waals surface area contributed by atoms with Gasteiger partial charge in [0, 0.05) is 25.1 Å². The molecule has 0 aliphatic carbocycles. The third-order valence-corrected chi connectivity index (χ3v) is 4.74. The van der Waals surface area contributed by atoms with Crippen LogP contribution in [-0.2, 0) is 17.8 Å². The molecule has 29 heavy (non-hydrogen) atoms. The van der Waals surface area contributed by atoms with Crippen LogP contribution in [0.1, 0.15) is 55.9 Å². The molecule has 2 rings (SSSR count). The van der Waals surface area contributed by atoms with E-state index in [-0.39, 0.29) is 31.0 Å². The number of aliphatic carboxylic acids is 1. The molecular weight excluding hydrogens is 382 g/mol. The van der Waals surface area contributed by atoms with Crippen LogP contribution < -0.4 is 5.69 Å². The van der Waals surface area contributed by atoms with Crippen molar-refractivity contribution in [3.8, 4) is 5.88 Å². The topological polar surface area (TPSA) is 159 Å². The Kier molecular flexibility index (Phi) is 7.96. The Balaban J connectivity index is 1.92. The summed E-state index contributed by atoms with van der Waals surface area (Å²) in [4.78, 5) is 35.1. The van der Waals surface area contributed by atoms with Gasteiger partial charge in [-0.1, -0.05) is 12.8 Å². The molecule has 1 aromatic carbocycles. The number of rotatable bonds is 12. The minimum absolute atomic E-state index is 0.0710. The van der Waals surface area contributed by atoms with Crippen LogP contribution in [-0.4, -0.2) is 35.8 Å². The molecule has 0 saturated carbocycles. The van der Waals surface area contributed by atoms with Crippen LogP contribution in [0.3, 0.4) is 0 Å². The van der Waals surface area contributed by atoms with Gasteiger partial charge in [-0.05, 0) is 43.4 Å². The smallest absolute Gasteiger partial charge is 0.328 e. The number of H-pyrrole nitrogens is 1. The highest BCUT2D eigenvalue weighted by Crippen LogP contribution is 2.22. The van der Waals surface area contributed by atoms with E-state index in [9.17, 15) is 29.9 Å². The summed E-state index contributed by atoms with van der Waals surface area (Å²) in [5, 5.41) is 39.6. The number of benzene rings is 1. The van der Waals surface area contributed by atoms with Crippen LogP contribution in [0.25, 0.3) is 0 Å². The Morgan fingerprint density at radius 3 is 2.45 bits per heavy atom. The Bertz CT molecular complexity index is 886. The number of nitro groups is 1. The molecule has 1 heterocycles. The molecule has 158 valence electrons. The lowest BCUT2D eigenvalue weighted by atomic mass is 10.1. The number of aromatic hydroxyl groups is 1. The molecule has 0 aliphatic rings. The molecule has 1 atom stereocenters. The van der Waals surface area contributed by atoms with Gasteiger partial charge in [-0.3, -0.25) is 24.5 Å². The lowest BCUT2D eigenvalue weighted by Crippen LogP contribution is -2.20. The van der Waals surface area contributed by atoms with E-state index >= 15 is 0 Å². The van der Waals surface area contributed by atoms with Gasteiger partial charge in [0.15, 0.2) is 0 Å². The number of aliphatic hydroxyl groups is 1. The summed E-state index contributed by atoms with van der Waals surface area (Å²) in [6, 6.07) is 5.56. The second-order valence-electron chi connectivity index (χ2n) is 6.84. The summed E-state index contributed by atoms with van der Waals surface area (Å²) in [6.45, 7) is 0.169. The summed E-state index contributed by atoms with van der Waals surface area (Å²) in [5.74, 6) is -1.03. The van der Waals surface area contributed by atoms with E-state index in [0.29, 0.717) is 30.5 Å². The van der Waals surface area contributed by atoms with Crippen molar-refractivity contribution in [3.63, 3.8) is 0 Å². The van der Waals surface area contributed by atoms with E-state index in [4.69, 9.17) is 5.11 Å². The normalized spacial score (nSPS) is 12.0. The zero-order chi connectivity index (χ0) is 21.4. The van der Waals surface area contributed by atoms with Gasteiger partial charge < -0.3 is 15.3 Å². The molecule has 0 saturated heterocycles. The van der Waals surface area contributed by atoms with Crippen molar-refractivity contribution in [2.24, 2.45) is 0 Å². The zero-order valence-electron chi connectivity index (χ0n) is 15.9. The minimum atomic E-state index is -0.913. The van der Waals surface area contributed by atoms with E-state index in [2.05, 4.69) is 4.98 Å². The number of hydrogen-bond donors (Lipinski definition) is 4. The fraction of sp³-hybridized carbons (Fsp3) is 0.474. The predicted octanol–water partition coefficient (Wildman–Crippen LogP) is 2.49. The molecule has 0 bridgehead atoms. The first-order valence-corrected chi connectivity index (χ1v) is 9.44. The van der Waals surface area contributed by atoms with Crippen LogP contribution in [0.15, 0.2) is 29.1 Å². The molecule has 1 aromatic heterocycles. The molecule has 0 fully saturated rings. The fourth-order valence-electron chi connectivity index (χ4n) is 3.14. The van der Waals surface area contributed by atoms with E-state index < -0.39 is 22.7 Å². The number of aromatic amines is 1. The number of carboxylic acids is 1. The fourth-order valence-corrected chi connectivity index (χ4v) is 3.14. The molecule has 4 N–H and O–H groups in total. The lowest BCUT2D eigenvalue weighted by Gasteiger charge is -2.13. The Hall–Kier alpha value is -3.14. The molecule has 10 heteroatoms. The number of carbonyl (C=O) groups is 1. The number of nitro benzene ring substituents is 1. The number of nitrogens with zero attached hydrogens (tertiary/aromatic N) is 2. The van der Waals surface area contributed by atoms with Crippen LogP contribution in [0.2, 0.25) is 0 Å². The highest BCUT2D eigenvalue weighted by molar-refractivity contribution is 5.66. The summed E-state index contributed by atoms with van der Waals surface area (Å²) in [7, 11) is 0. The van der Waals surface area contributed by atoms with Gasteiger partial charge in [0.05, 0.1) is 16.7 Å². The number of hydrogen-bond acceptors (Lipinski definition) is 6. The van der Waals surface area contributed by atoms with Crippen molar-refractivity contribution >= 4 is 11.7 Å². The van der Waals surface area contributed by atoms with Gasteiger partial charge >= 0.3 is 11.7 Å². The largest absolute Gasteiger partial charge is 0.493 e. The molecule has 1 unspecified atom stereocenters. The van der Waals surface area contributed by atoms with Gasteiger partial charge in [-0.25, -0.2) is 4.79 Å². The van der Waals surface area contributed by atoms with Crippen LogP contribution >= 0.6 is 0 Å². The average molecular weight is 407 g/mol. The first kappa shape index (κ1) is 22.2. The second-order valence-corrected chi connectivity index (χ2v) is 6.84. The number of imidazole rings is 1. The van der Waals surface area contributed by atoms with Gasteiger partial charge in [0.1, 0.15) is 0 Å². The highest BCUT2D eigenvalue weighted by atomic mass is 16.6. The number of aromatic nitrogens is 2. The lowest BCUT2D eigenvalue weighted by molar-refractivity contribution is -0.384. The third-order valence-electron chi connectivity index (χ3n) is 4.74. The maximum atomic E-state index is 12.1. The molecule has 0 spiro atoms. The Morgan fingerprint density at radius 2 is 1.83 bits per heavy atom. The van der Waals surface area contributed by atoms with Crippen LogP contribution in [0.4, 0.5) is 5.69 Å². The van der Waals surface area contributed by atoms with Crippen LogP contribution in [0.5, 0.6) is 5.88 Å². The Labute approximate surface area is 166 Å². The summed E-state index contributed by atoms with van der Waals surface area (Å²) in [6.07, 6.45) is 2.66. The third kappa shape index (κ3) is 6.46. The van der Waals surface area contributed by atoms with Gasteiger partial charge in [-0.15, -0.1) is 0 Å². The van der Waals surface area contributed by atoms with Gasteiger partial charge in [0.2, 0.25) is 5.88 Å². The molecule has 0 amide bonds. The first-order valence-electron chi connectivity index (χ1n) is 9.44.